The molecule has 0 bridgehead atoms. The molecular formula is C13H20N2O2S. The van der Waals surface area contributed by atoms with E-state index in [9.17, 15) is 4.79 Å². The minimum absolute atomic E-state index is 0.302. The summed E-state index contributed by atoms with van der Waals surface area (Å²) in [7, 11) is 1.40. The highest BCUT2D eigenvalue weighted by Crippen LogP contribution is 2.22. The van der Waals surface area contributed by atoms with E-state index >= 15 is 0 Å². The maximum Gasteiger partial charge on any atom is 0.354 e. The average molecular weight is 268 g/mol. The molecule has 0 aromatic carbocycles. The maximum absolute atomic E-state index is 11.4. The predicted octanol–water partition coefficient (Wildman–Crippen LogP) is 2.13. The zero-order chi connectivity index (χ0) is 13.0. The number of thioether (sulfide) groups is 1. The van der Waals surface area contributed by atoms with Crippen LogP contribution in [0.4, 0.5) is 0 Å². The van der Waals surface area contributed by atoms with Gasteiger partial charge in [-0.15, -0.1) is 0 Å². The molecule has 0 unspecified atom stereocenters. The average Bonchev–Trinajstić information content (AvgIpc) is 3.00. The van der Waals surface area contributed by atoms with E-state index in [1.807, 2.05) is 24.0 Å². The molecule has 0 saturated carbocycles. The smallest absolute Gasteiger partial charge is 0.354 e. The Hall–Kier alpha value is -0.940. The number of methoxy groups -OCH3 is 1. The van der Waals surface area contributed by atoms with Crippen LogP contribution in [0.1, 0.15) is 28.9 Å². The Kier molecular flexibility index (Phi) is 4.72. The molecule has 0 amide bonds. The van der Waals surface area contributed by atoms with Crippen molar-refractivity contribution in [1.82, 2.24) is 9.88 Å². The molecule has 1 aliphatic heterocycles. The second-order valence-electron chi connectivity index (χ2n) is 4.64. The fraction of sp³-hybridized carbons (Fsp3) is 0.615. The van der Waals surface area contributed by atoms with Gasteiger partial charge in [0.05, 0.1) is 7.11 Å². The number of esters is 1. The van der Waals surface area contributed by atoms with Crippen LogP contribution in [0.2, 0.25) is 0 Å². The largest absolute Gasteiger partial charge is 0.464 e. The highest BCUT2D eigenvalue weighted by atomic mass is 32.2. The van der Waals surface area contributed by atoms with Gasteiger partial charge in [0.15, 0.2) is 0 Å². The van der Waals surface area contributed by atoms with Gasteiger partial charge in [-0.1, -0.05) is 0 Å². The first-order valence-corrected chi connectivity index (χ1v) is 7.62. The molecule has 0 spiro atoms. The van der Waals surface area contributed by atoms with Crippen molar-refractivity contribution < 1.29 is 9.53 Å². The summed E-state index contributed by atoms with van der Waals surface area (Å²) < 4.78 is 4.69. The van der Waals surface area contributed by atoms with E-state index < -0.39 is 0 Å². The van der Waals surface area contributed by atoms with Crippen molar-refractivity contribution in [2.75, 3.05) is 25.7 Å². The van der Waals surface area contributed by atoms with Crippen LogP contribution in [0.15, 0.2) is 12.3 Å². The van der Waals surface area contributed by atoms with Crippen LogP contribution in [0.3, 0.4) is 0 Å². The Morgan fingerprint density at radius 1 is 1.67 bits per heavy atom. The lowest BCUT2D eigenvalue weighted by molar-refractivity contribution is 0.0595. The third kappa shape index (κ3) is 3.09. The van der Waals surface area contributed by atoms with Crippen molar-refractivity contribution in [3.05, 3.63) is 23.5 Å². The minimum Gasteiger partial charge on any atom is -0.464 e. The summed E-state index contributed by atoms with van der Waals surface area (Å²) in [5.41, 5.74) is 1.69. The molecule has 18 heavy (non-hydrogen) atoms. The first kappa shape index (κ1) is 13.5. The highest BCUT2D eigenvalue weighted by molar-refractivity contribution is 7.98. The zero-order valence-electron chi connectivity index (χ0n) is 10.9. The Morgan fingerprint density at radius 2 is 2.50 bits per heavy atom. The number of H-pyrrole nitrogens is 1. The van der Waals surface area contributed by atoms with Gasteiger partial charge in [0.1, 0.15) is 5.69 Å². The van der Waals surface area contributed by atoms with Gasteiger partial charge >= 0.3 is 5.97 Å². The number of carbonyl (C=O) groups is 1. The van der Waals surface area contributed by atoms with Crippen LogP contribution in [0.25, 0.3) is 0 Å². The molecule has 5 heteroatoms. The van der Waals surface area contributed by atoms with Crippen LogP contribution >= 0.6 is 11.8 Å². The molecule has 1 N–H and O–H groups in total. The van der Waals surface area contributed by atoms with E-state index in [1.54, 1.807) is 0 Å². The molecule has 1 saturated heterocycles. The lowest BCUT2D eigenvalue weighted by Crippen LogP contribution is -2.30. The summed E-state index contributed by atoms with van der Waals surface area (Å²) in [5.74, 6) is 0.886. The van der Waals surface area contributed by atoms with Crippen molar-refractivity contribution in [2.24, 2.45) is 0 Å². The van der Waals surface area contributed by atoms with Gasteiger partial charge in [0, 0.05) is 24.5 Å². The second-order valence-corrected chi connectivity index (χ2v) is 5.55. The third-order valence-corrected chi connectivity index (χ3v) is 4.11. The Labute approximate surface area is 112 Å². The summed E-state index contributed by atoms with van der Waals surface area (Å²) in [4.78, 5) is 16.8. The van der Waals surface area contributed by atoms with Crippen molar-refractivity contribution >= 4 is 17.7 Å². The number of nitrogens with one attached hydrogen (secondary N) is 1. The second kappa shape index (κ2) is 6.29. The number of nitrogens with zero attached hydrogens (tertiary/aromatic N) is 1. The van der Waals surface area contributed by atoms with E-state index in [4.69, 9.17) is 4.74 Å². The van der Waals surface area contributed by atoms with Crippen molar-refractivity contribution in [3.8, 4) is 0 Å². The van der Waals surface area contributed by atoms with Crippen molar-refractivity contribution in [2.45, 2.75) is 25.4 Å². The Morgan fingerprint density at radius 3 is 3.22 bits per heavy atom. The lowest BCUT2D eigenvalue weighted by Gasteiger charge is -2.23. The van der Waals surface area contributed by atoms with Crippen LogP contribution in [0.5, 0.6) is 0 Å². The molecule has 1 atom stereocenters. The van der Waals surface area contributed by atoms with Crippen molar-refractivity contribution in [1.29, 1.82) is 0 Å². The molecule has 2 heterocycles. The maximum atomic E-state index is 11.4. The zero-order valence-corrected chi connectivity index (χ0v) is 11.8. The molecule has 100 valence electrons. The molecule has 1 aromatic heterocycles. The van der Waals surface area contributed by atoms with Gasteiger partial charge in [0.25, 0.3) is 0 Å². The highest BCUT2D eigenvalue weighted by Gasteiger charge is 2.24. The molecule has 1 aliphatic rings. The Balaban J connectivity index is 1.96. The third-order valence-electron chi connectivity index (χ3n) is 3.39. The number of hydrogen-bond donors (Lipinski definition) is 1. The van der Waals surface area contributed by atoms with E-state index in [0.29, 0.717) is 11.7 Å². The molecule has 4 nitrogen and oxygen atoms in total. The number of ether oxygens (including phenoxy) is 1. The van der Waals surface area contributed by atoms with E-state index in [1.165, 1.54) is 25.7 Å². The predicted molar refractivity (Wildman–Crippen MR) is 73.9 cm³/mol. The number of aromatic nitrogens is 1. The Bertz CT molecular complexity index is 405. The van der Waals surface area contributed by atoms with Gasteiger partial charge in [-0.3, -0.25) is 4.90 Å². The van der Waals surface area contributed by atoms with Crippen LogP contribution < -0.4 is 0 Å². The molecule has 0 aliphatic carbocycles. The molecular weight excluding hydrogens is 248 g/mol. The fourth-order valence-corrected chi connectivity index (χ4v) is 3.24. The summed E-state index contributed by atoms with van der Waals surface area (Å²) in [5, 5.41) is 0. The number of likely N-dealkylation sites (tertiary alicyclic amines) is 1. The van der Waals surface area contributed by atoms with E-state index in [0.717, 1.165) is 18.7 Å². The SMILES string of the molecule is COC(=O)c1cc(CN2CCC[C@@H]2CSC)c[nH]1. The first-order valence-electron chi connectivity index (χ1n) is 6.23. The summed E-state index contributed by atoms with van der Waals surface area (Å²) >= 11 is 1.90. The molecule has 0 radical (unpaired) electrons. The van der Waals surface area contributed by atoms with Crippen LogP contribution in [-0.4, -0.2) is 47.6 Å². The van der Waals surface area contributed by atoms with Gasteiger partial charge in [-0.05, 0) is 37.3 Å². The lowest BCUT2D eigenvalue weighted by atomic mass is 10.2. The quantitative estimate of drug-likeness (QED) is 0.831. The summed E-state index contributed by atoms with van der Waals surface area (Å²) in [6.07, 6.45) is 6.62. The van der Waals surface area contributed by atoms with Crippen molar-refractivity contribution in [3.63, 3.8) is 0 Å². The summed E-state index contributed by atoms with van der Waals surface area (Å²) in [6.45, 7) is 2.07. The molecule has 1 aromatic rings. The van der Waals surface area contributed by atoms with Gasteiger partial charge in [-0.25, -0.2) is 4.79 Å². The van der Waals surface area contributed by atoms with Crippen LogP contribution in [-0.2, 0) is 11.3 Å². The standard InChI is InChI=1S/C13H20N2O2S/c1-17-13(16)12-6-10(7-14-12)8-15-5-3-4-11(15)9-18-2/h6-7,11,14H,3-5,8-9H2,1-2H3/t11-/m1/s1. The topological polar surface area (TPSA) is 45.3 Å². The number of aromatic amines is 1. The fourth-order valence-electron chi connectivity index (χ4n) is 2.48. The summed E-state index contributed by atoms with van der Waals surface area (Å²) in [6, 6.07) is 2.57. The molecule has 2 rings (SSSR count). The molecule has 1 fully saturated rings. The van der Waals surface area contributed by atoms with E-state index in [-0.39, 0.29) is 5.97 Å². The first-order chi connectivity index (χ1) is 8.74. The van der Waals surface area contributed by atoms with Gasteiger partial charge in [0.2, 0.25) is 0 Å². The van der Waals surface area contributed by atoms with Gasteiger partial charge < -0.3 is 9.72 Å². The van der Waals surface area contributed by atoms with Crippen LogP contribution in [0, 0.1) is 0 Å². The van der Waals surface area contributed by atoms with Gasteiger partial charge in [-0.2, -0.15) is 11.8 Å². The normalized spacial score (nSPS) is 20.2. The number of hydrogen-bond acceptors (Lipinski definition) is 4. The number of carbonyl (C=O) groups excluding carboxylic acids is 1. The minimum atomic E-state index is -0.302. The number of rotatable bonds is 5. The monoisotopic (exact) mass is 268 g/mol. The van der Waals surface area contributed by atoms with E-state index in [2.05, 4.69) is 16.1 Å².